The molecule has 4 N–H and O–H groups in total. The topological polar surface area (TPSA) is 137 Å². The van der Waals surface area contributed by atoms with E-state index in [9.17, 15) is 24.9 Å². The maximum Gasteiger partial charge on any atom is 0.333 e. The number of carbonyl (C=O) groups is 2. The van der Waals surface area contributed by atoms with Crippen molar-refractivity contribution in [3.05, 3.63) is 35.1 Å². The third-order valence-electron chi connectivity index (χ3n) is 7.21. The van der Waals surface area contributed by atoms with E-state index in [-0.39, 0.29) is 29.7 Å². The number of phenols is 1. The predicted molar refractivity (Wildman–Crippen MR) is 108 cm³/mol. The van der Waals surface area contributed by atoms with Crippen LogP contribution in [0.15, 0.2) is 24.0 Å². The predicted octanol–water partition coefficient (Wildman–Crippen LogP) is 0.821. The number of hydrogen-bond acceptors (Lipinski definition) is 8. The Balaban J connectivity index is 1.80. The zero-order chi connectivity index (χ0) is 22.7. The number of ether oxygens (including phenoxy) is 2. The Kier molecular flexibility index (Phi) is 5.03. The molecule has 0 bridgehead atoms. The molecule has 1 fully saturated rings. The van der Waals surface area contributed by atoms with Gasteiger partial charge in [-0.15, -0.1) is 0 Å². The van der Waals surface area contributed by atoms with Gasteiger partial charge in [-0.05, 0) is 51.6 Å². The van der Waals surface area contributed by atoms with E-state index in [0.29, 0.717) is 18.5 Å². The Morgan fingerprint density at radius 1 is 1.39 bits per heavy atom. The molecule has 1 aromatic carbocycles. The van der Waals surface area contributed by atoms with Crippen molar-refractivity contribution in [2.75, 3.05) is 13.6 Å². The summed E-state index contributed by atoms with van der Waals surface area (Å²) in [6, 6.07) is 3.05. The average Bonchev–Trinajstić information content (AvgIpc) is 3.08. The van der Waals surface area contributed by atoms with Crippen LogP contribution in [0.2, 0.25) is 0 Å². The van der Waals surface area contributed by atoms with Gasteiger partial charge in [-0.25, -0.2) is 4.79 Å². The van der Waals surface area contributed by atoms with Gasteiger partial charge in [-0.3, -0.25) is 4.79 Å². The number of aliphatic carboxylic acids is 1. The van der Waals surface area contributed by atoms with Crippen molar-refractivity contribution < 1.29 is 39.5 Å². The number of carbonyl (C=O) groups excluding carboxylic acids is 1. The zero-order valence-electron chi connectivity index (χ0n) is 17.7. The fourth-order valence-electron chi connectivity index (χ4n) is 5.42. The third kappa shape index (κ3) is 2.95. The van der Waals surface area contributed by atoms with Crippen LogP contribution in [0, 0.1) is 6.92 Å². The zero-order valence-corrected chi connectivity index (χ0v) is 17.7. The van der Waals surface area contributed by atoms with E-state index >= 15 is 0 Å². The van der Waals surface area contributed by atoms with Crippen molar-refractivity contribution in [1.29, 1.82) is 0 Å². The minimum Gasteiger partial charge on any atom is -0.504 e. The number of aromatic hydroxyl groups is 1. The molecule has 2 heterocycles. The fourth-order valence-corrected chi connectivity index (χ4v) is 5.42. The minimum atomic E-state index is -1.88. The Morgan fingerprint density at radius 2 is 2.10 bits per heavy atom. The van der Waals surface area contributed by atoms with Gasteiger partial charge in [0.05, 0.1) is 17.4 Å². The molecule has 3 aliphatic rings. The molecule has 1 spiro atoms. The quantitative estimate of drug-likeness (QED) is 0.509. The van der Waals surface area contributed by atoms with Gasteiger partial charge in [0.15, 0.2) is 23.7 Å². The molecule has 0 radical (unpaired) electrons. The van der Waals surface area contributed by atoms with Crippen LogP contribution in [0.1, 0.15) is 37.3 Å². The average molecular weight is 433 g/mol. The highest BCUT2D eigenvalue weighted by Gasteiger charge is 2.69. The first-order valence-corrected chi connectivity index (χ1v) is 10.3. The SMILES string of the molecule is Cc1ccc(O)c2c1[C@]13CCN(C)[C@H](C)[C@]1(O)CC=C(OC(=O)C[C@H](O)C(=O)O)[C@@H]3O2. The minimum absolute atomic E-state index is 0.0646. The highest BCUT2D eigenvalue weighted by atomic mass is 16.6. The second kappa shape index (κ2) is 7.22. The molecule has 0 unspecified atom stereocenters. The monoisotopic (exact) mass is 433 g/mol. The van der Waals surface area contributed by atoms with Gasteiger partial charge in [-0.2, -0.15) is 0 Å². The van der Waals surface area contributed by atoms with Crippen molar-refractivity contribution in [1.82, 2.24) is 4.90 Å². The number of aliphatic hydroxyl groups excluding tert-OH is 1. The number of aryl methyl sites for hydroxylation is 1. The Bertz CT molecular complexity index is 975. The van der Waals surface area contributed by atoms with Gasteiger partial charge in [0, 0.05) is 18.0 Å². The second-order valence-corrected chi connectivity index (χ2v) is 8.75. The Labute approximate surface area is 179 Å². The molecule has 0 amide bonds. The van der Waals surface area contributed by atoms with E-state index in [2.05, 4.69) is 4.90 Å². The lowest BCUT2D eigenvalue weighted by atomic mass is 9.54. The number of piperidine rings is 1. The summed E-state index contributed by atoms with van der Waals surface area (Å²) in [5, 5.41) is 40.8. The highest BCUT2D eigenvalue weighted by molar-refractivity contribution is 5.81. The number of fused-ring (bicyclic) bond motifs is 1. The van der Waals surface area contributed by atoms with E-state index < -0.39 is 41.6 Å². The van der Waals surface area contributed by atoms with Crippen LogP contribution in [-0.4, -0.2) is 74.7 Å². The Hall–Kier alpha value is -2.62. The summed E-state index contributed by atoms with van der Waals surface area (Å²) < 4.78 is 11.6. The van der Waals surface area contributed by atoms with Crippen molar-refractivity contribution in [3.63, 3.8) is 0 Å². The highest BCUT2D eigenvalue weighted by Crippen LogP contribution is 2.62. The van der Waals surface area contributed by atoms with E-state index in [0.717, 1.165) is 5.56 Å². The van der Waals surface area contributed by atoms with Crippen LogP contribution in [-0.2, 0) is 19.7 Å². The molecule has 0 aromatic heterocycles. The summed E-state index contributed by atoms with van der Waals surface area (Å²) in [7, 11) is 1.93. The van der Waals surface area contributed by atoms with Gasteiger partial charge in [0.1, 0.15) is 5.76 Å². The smallest absolute Gasteiger partial charge is 0.333 e. The molecule has 0 saturated carbocycles. The molecule has 1 saturated heterocycles. The van der Waals surface area contributed by atoms with E-state index in [1.807, 2.05) is 20.9 Å². The lowest BCUT2D eigenvalue weighted by Gasteiger charge is -2.58. The number of likely N-dealkylation sites (N-methyl/N-ethyl adjacent to an activating group) is 1. The van der Waals surface area contributed by atoms with E-state index in [4.69, 9.17) is 14.6 Å². The van der Waals surface area contributed by atoms with Gasteiger partial charge in [-0.1, -0.05) is 6.07 Å². The summed E-state index contributed by atoms with van der Waals surface area (Å²) in [6.45, 7) is 4.47. The molecule has 9 nitrogen and oxygen atoms in total. The van der Waals surface area contributed by atoms with Crippen LogP contribution >= 0.6 is 0 Å². The first-order valence-electron chi connectivity index (χ1n) is 10.3. The molecule has 1 aliphatic carbocycles. The number of carboxylic acids is 1. The van der Waals surface area contributed by atoms with Crippen LogP contribution in [0.3, 0.4) is 0 Å². The van der Waals surface area contributed by atoms with Crippen LogP contribution < -0.4 is 4.74 Å². The first kappa shape index (κ1) is 21.6. The molecule has 5 atom stereocenters. The molecule has 31 heavy (non-hydrogen) atoms. The number of likely N-dealkylation sites (tertiary alicyclic amines) is 1. The largest absolute Gasteiger partial charge is 0.504 e. The molecular weight excluding hydrogens is 406 g/mol. The Morgan fingerprint density at radius 3 is 2.77 bits per heavy atom. The van der Waals surface area contributed by atoms with Gasteiger partial charge < -0.3 is 34.8 Å². The van der Waals surface area contributed by atoms with Crippen molar-refractivity contribution in [2.45, 2.75) is 62.4 Å². The normalized spacial score (nSPS) is 32.7. The van der Waals surface area contributed by atoms with Gasteiger partial charge in [0.2, 0.25) is 0 Å². The van der Waals surface area contributed by atoms with Crippen LogP contribution in [0.4, 0.5) is 0 Å². The number of aliphatic hydroxyl groups is 2. The maximum absolute atomic E-state index is 12.3. The second-order valence-electron chi connectivity index (χ2n) is 8.75. The van der Waals surface area contributed by atoms with Gasteiger partial charge >= 0.3 is 11.9 Å². The summed E-state index contributed by atoms with van der Waals surface area (Å²) in [5.74, 6) is -2.09. The lowest BCUT2D eigenvalue weighted by molar-refractivity contribution is -0.164. The number of nitrogens with zero attached hydrogens (tertiary/aromatic N) is 1. The molecule has 4 rings (SSSR count). The number of benzene rings is 1. The summed E-state index contributed by atoms with van der Waals surface area (Å²) >= 11 is 0. The van der Waals surface area contributed by atoms with Crippen molar-refractivity contribution in [3.8, 4) is 11.5 Å². The van der Waals surface area contributed by atoms with Crippen LogP contribution in [0.25, 0.3) is 0 Å². The number of esters is 1. The standard InChI is InChI=1S/C22H27NO8/c1-11-4-5-13(24)18-17(11)21-8-9-23(3)12(2)22(21,29)7-6-15(19(21)31-18)30-16(26)10-14(25)20(27)28/h4-6,12,14,19,24-25,29H,7-10H2,1-3H3,(H,27,28)/t12-,14+,19+,21+,22-/m1/s1. The summed E-state index contributed by atoms with van der Waals surface area (Å²) in [4.78, 5) is 25.2. The van der Waals surface area contributed by atoms with Crippen molar-refractivity contribution in [2.24, 2.45) is 0 Å². The molecule has 168 valence electrons. The molecule has 9 heteroatoms. The lowest BCUT2D eigenvalue weighted by Crippen LogP contribution is -2.71. The summed E-state index contributed by atoms with van der Waals surface area (Å²) in [5.41, 5.74) is -0.677. The van der Waals surface area contributed by atoms with Crippen molar-refractivity contribution >= 4 is 11.9 Å². The number of phenolic OH excluding ortho intramolecular Hbond substituents is 1. The summed E-state index contributed by atoms with van der Waals surface area (Å²) in [6.07, 6.45) is -1.21. The maximum atomic E-state index is 12.3. The number of rotatable bonds is 4. The third-order valence-corrected chi connectivity index (χ3v) is 7.21. The van der Waals surface area contributed by atoms with E-state index in [1.54, 1.807) is 12.1 Å². The number of carboxylic acid groups (broad SMARTS) is 1. The molecular formula is C22H27NO8. The number of hydrogen-bond donors (Lipinski definition) is 4. The van der Waals surface area contributed by atoms with Gasteiger partial charge in [0.25, 0.3) is 0 Å². The fraction of sp³-hybridized carbons (Fsp3) is 0.545. The first-order chi connectivity index (χ1) is 14.5. The van der Waals surface area contributed by atoms with Crippen LogP contribution in [0.5, 0.6) is 11.5 Å². The van der Waals surface area contributed by atoms with E-state index in [1.165, 1.54) is 6.07 Å². The molecule has 2 aliphatic heterocycles. The molecule has 1 aromatic rings.